The topological polar surface area (TPSA) is 58.6 Å². The van der Waals surface area contributed by atoms with Gasteiger partial charge in [0.2, 0.25) is 5.91 Å². The van der Waals surface area contributed by atoms with Gasteiger partial charge in [-0.2, -0.15) is 0 Å². The molecular formula is C27H38N2O3. The molecule has 0 heterocycles. The normalized spacial score (nSPS) is 12.4. The Kier molecular flexibility index (Phi) is 8.88. The second-order valence-electron chi connectivity index (χ2n) is 9.60. The van der Waals surface area contributed by atoms with Gasteiger partial charge in [-0.25, -0.2) is 0 Å². The van der Waals surface area contributed by atoms with Crippen LogP contribution in [0.5, 0.6) is 5.75 Å². The lowest BCUT2D eigenvalue weighted by Crippen LogP contribution is -2.51. The minimum Gasteiger partial charge on any atom is -0.484 e. The molecule has 0 aromatic heterocycles. The van der Waals surface area contributed by atoms with Crippen LogP contribution in [0.1, 0.15) is 64.7 Å². The third-order valence-corrected chi connectivity index (χ3v) is 5.50. The van der Waals surface area contributed by atoms with Crippen molar-refractivity contribution in [1.29, 1.82) is 0 Å². The molecule has 0 bridgehead atoms. The molecule has 0 aliphatic carbocycles. The first-order chi connectivity index (χ1) is 15.0. The average Bonchev–Trinajstić information content (AvgIpc) is 2.72. The van der Waals surface area contributed by atoms with Crippen LogP contribution < -0.4 is 10.1 Å². The van der Waals surface area contributed by atoms with Crippen LogP contribution in [0.25, 0.3) is 0 Å². The Bertz CT molecular complexity index is 898. The molecule has 1 atom stereocenters. The zero-order chi connectivity index (χ0) is 23.9. The van der Waals surface area contributed by atoms with E-state index in [-0.39, 0.29) is 29.9 Å². The van der Waals surface area contributed by atoms with Crippen molar-refractivity contribution in [3.05, 3.63) is 65.2 Å². The van der Waals surface area contributed by atoms with E-state index in [2.05, 4.69) is 26.1 Å². The molecule has 32 heavy (non-hydrogen) atoms. The SMILES string of the molecule is CC[C@@H](C(=O)NC(C)C)N(Cc1ccccc1C)C(=O)COc1ccc(C(C)(C)C)cc1. The summed E-state index contributed by atoms with van der Waals surface area (Å²) in [6.45, 7) is 14.5. The number of nitrogens with one attached hydrogen (secondary N) is 1. The highest BCUT2D eigenvalue weighted by Gasteiger charge is 2.29. The molecule has 0 spiro atoms. The van der Waals surface area contributed by atoms with Crippen LogP contribution in [-0.4, -0.2) is 35.4 Å². The van der Waals surface area contributed by atoms with Gasteiger partial charge in [-0.3, -0.25) is 9.59 Å². The van der Waals surface area contributed by atoms with Crippen molar-refractivity contribution in [2.24, 2.45) is 0 Å². The number of amides is 2. The van der Waals surface area contributed by atoms with E-state index in [0.29, 0.717) is 18.7 Å². The van der Waals surface area contributed by atoms with E-state index in [9.17, 15) is 9.59 Å². The Balaban J connectivity index is 2.20. The molecule has 2 aromatic carbocycles. The van der Waals surface area contributed by atoms with Crippen LogP contribution >= 0.6 is 0 Å². The predicted octanol–water partition coefficient (Wildman–Crippen LogP) is 5.00. The monoisotopic (exact) mass is 438 g/mol. The third-order valence-electron chi connectivity index (χ3n) is 5.50. The lowest BCUT2D eigenvalue weighted by atomic mass is 9.87. The number of benzene rings is 2. The van der Waals surface area contributed by atoms with Crippen LogP contribution in [0.4, 0.5) is 0 Å². The fraction of sp³-hybridized carbons (Fsp3) is 0.481. The fourth-order valence-electron chi connectivity index (χ4n) is 3.55. The number of hydrogen-bond acceptors (Lipinski definition) is 3. The molecule has 5 heteroatoms. The van der Waals surface area contributed by atoms with Gasteiger partial charge in [-0.1, -0.05) is 64.1 Å². The molecule has 0 aliphatic rings. The summed E-state index contributed by atoms with van der Waals surface area (Å²) in [4.78, 5) is 27.8. The Morgan fingerprint density at radius 2 is 1.66 bits per heavy atom. The maximum absolute atomic E-state index is 13.3. The molecule has 0 saturated heterocycles. The molecule has 2 aromatic rings. The molecule has 0 aliphatic heterocycles. The van der Waals surface area contributed by atoms with Crippen molar-refractivity contribution in [1.82, 2.24) is 10.2 Å². The molecule has 1 N–H and O–H groups in total. The van der Waals surface area contributed by atoms with Crippen molar-refractivity contribution in [3.63, 3.8) is 0 Å². The van der Waals surface area contributed by atoms with Crippen molar-refractivity contribution >= 4 is 11.8 Å². The van der Waals surface area contributed by atoms with Crippen molar-refractivity contribution < 1.29 is 14.3 Å². The molecule has 2 amide bonds. The van der Waals surface area contributed by atoms with Gasteiger partial charge in [0, 0.05) is 12.6 Å². The Morgan fingerprint density at radius 1 is 1.03 bits per heavy atom. The van der Waals surface area contributed by atoms with Crippen LogP contribution in [0.2, 0.25) is 0 Å². The van der Waals surface area contributed by atoms with E-state index in [1.165, 1.54) is 5.56 Å². The van der Waals surface area contributed by atoms with E-state index in [1.54, 1.807) is 4.90 Å². The molecule has 0 unspecified atom stereocenters. The minimum atomic E-state index is -0.559. The highest BCUT2D eigenvalue weighted by Crippen LogP contribution is 2.24. The van der Waals surface area contributed by atoms with Crippen LogP contribution in [-0.2, 0) is 21.5 Å². The van der Waals surface area contributed by atoms with Crippen LogP contribution in [0.15, 0.2) is 48.5 Å². The number of hydrogen-bond donors (Lipinski definition) is 1. The van der Waals surface area contributed by atoms with Gasteiger partial charge in [0.15, 0.2) is 6.61 Å². The van der Waals surface area contributed by atoms with Gasteiger partial charge in [-0.05, 0) is 61.4 Å². The summed E-state index contributed by atoms with van der Waals surface area (Å²) < 4.78 is 5.82. The van der Waals surface area contributed by atoms with Gasteiger partial charge < -0.3 is 15.0 Å². The maximum Gasteiger partial charge on any atom is 0.261 e. The van der Waals surface area contributed by atoms with Crippen molar-refractivity contribution in [2.75, 3.05) is 6.61 Å². The first-order valence-corrected chi connectivity index (χ1v) is 11.4. The van der Waals surface area contributed by atoms with E-state index < -0.39 is 6.04 Å². The molecule has 174 valence electrons. The molecule has 0 radical (unpaired) electrons. The lowest BCUT2D eigenvalue weighted by molar-refractivity contribution is -0.143. The zero-order valence-corrected chi connectivity index (χ0v) is 20.6. The van der Waals surface area contributed by atoms with E-state index >= 15 is 0 Å². The lowest BCUT2D eigenvalue weighted by Gasteiger charge is -2.31. The van der Waals surface area contributed by atoms with E-state index in [4.69, 9.17) is 4.74 Å². The molecule has 0 saturated carbocycles. The highest BCUT2D eigenvalue weighted by molar-refractivity contribution is 5.88. The van der Waals surface area contributed by atoms with Gasteiger partial charge in [0.25, 0.3) is 5.91 Å². The quantitative estimate of drug-likeness (QED) is 0.599. The Labute approximate surface area is 193 Å². The van der Waals surface area contributed by atoms with Gasteiger partial charge in [0.1, 0.15) is 11.8 Å². The van der Waals surface area contributed by atoms with Gasteiger partial charge in [0.05, 0.1) is 0 Å². The average molecular weight is 439 g/mol. The number of nitrogens with zero attached hydrogens (tertiary/aromatic N) is 1. The summed E-state index contributed by atoms with van der Waals surface area (Å²) in [6.07, 6.45) is 0.524. The second kappa shape index (κ2) is 11.2. The molecule has 0 fully saturated rings. The molecular weight excluding hydrogens is 400 g/mol. The summed E-state index contributed by atoms with van der Waals surface area (Å²) in [5, 5.41) is 2.95. The van der Waals surface area contributed by atoms with Gasteiger partial charge in [-0.15, -0.1) is 0 Å². The number of carbonyl (C=O) groups is 2. The molecule has 5 nitrogen and oxygen atoms in total. The minimum absolute atomic E-state index is 0.00421. The van der Waals surface area contributed by atoms with Crippen molar-refractivity contribution in [2.45, 2.75) is 78.9 Å². The Morgan fingerprint density at radius 3 is 2.19 bits per heavy atom. The molecule has 2 rings (SSSR count). The second-order valence-corrected chi connectivity index (χ2v) is 9.60. The first kappa shape index (κ1) is 25.4. The zero-order valence-electron chi connectivity index (χ0n) is 20.6. The number of carbonyl (C=O) groups excluding carboxylic acids is 2. The Hall–Kier alpha value is -2.82. The first-order valence-electron chi connectivity index (χ1n) is 11.4. The summed E-state index contributed by atoms with van der Waals surface area (Å²) in [7, 11) is 0. The number of ether oxygens (including phenoxy) is 1. The smallest absolute Gasteiger partial charge is 0.261 e. The predicted molar refractivity (Wildman–Crippen MR) is 130 cm³/mol. The standard InChI is InChI=1S/C27H38N2O3/c1-8-24(26(31)28-19(2)3)29(17-21-12-10-9-11-20(21)4)25(30)18-32-23-15-13-22(14-16-23)27(5,6)7/h9-16,19,24H,8,17-18H2,1-7H3,(H,28,31)/t24-/m0/s1. The highest BCUT2D eigenvalue weighted by atomic mass is 16.5. The van der Waals surface area contributed by atoms with E-state index in [0.717, 1.165) is 11.1 Å². The van der Waals surface area contributed by atoms with Crippen LogP contribution in [0, 0.1) is 6.92 Å². The summed E-state index contributed by atoms with van der Waals surface area (Å²) in [6, 6.07) is 15.2. The van der Waals surface area contributed by atoms with Crippen molar-refractivity contribution in [3.8, 4) is 5.75 Å². The summed E-state index contributed by atoms with van der Waals surface area (Å²) in [5.41, 5.74) is 3.36. The van der Waals surface area contributed by atoms with E-state index in [1.807, 2.05) is 76.2 Å². The summed E-state index contributed by atoms with van der Waals surface area (Å²) >= 11 is 0. The third kappa shape index (κ3) is 7.11. The van der Waals surface area contributed by atoms with Crippen LogP contribution in [0.3, 0.4) is 0 Å². The largest absolute Gasteiger partial charge is 0.484 e. The number of rotatable bonds is 9. The number of aryl methyl sites for hydroxylation is 1. The fourth-order valence-corrected chi connectivity index (χ4v) is 3.55. The maximum atomic E-state index is 13.3. The van der Waals surface area contributed by atoms with Gasteiger partial charge >= 0.3 is 0 Å². The summed E-state index contributed by atoms with van der Waals surface area (Å²) in [5.74, 6) is 0.291.